The Morgan fingerprint density at radius 1 is 1.25 bits per heavy atom. The van der Waals surface area contributed by atoms with E-state index in [0.717, 1.165) is 30.0 Å². The van der Waals surface area contributed by atoms with Crippen LogP contribution in [0.2, 0.25) is 0 Å². The van der Waals surface area contributed by atoms with Crippen LogP contribution in [0.15, 0.2) is 36.5 Å². The number of para-hydroxylation sites is 1. The number of aryl methyl sites for hydroxylation is 1. The van der Waals surface area contributed by atoms with E-state index in [-0.39, 0.29) is 6.04 Å². The number of aromatic nitrogens is 2. The van der Waals surface area contributed by atoms with E-state index in [0.29, 0.717) is 6.61 Å². The van der Waals surface area contributed by atoms with Crippen LogP contribution < -0.4 is 10.1 Å². The molecule has 1 N–H and O–H groups in total. The van der Waals surface area contributed by atoms with Gasteiger partial charge in [-0.3, -0.25) is 4.68 Å². The summed E-state index contributed by atoms with van der Waals surface area (Å²) in [4.78, 5) is 0. The third-order valence-corrected chi connectivity index (χ3v) is 3.28. The molecule has 2 aromatic rings. The van der Waals surface area contributed by atoms with Crippen LogP contribution in [-0.4, -0.2) is 22.9 Å². The van der Waals surface area contributed by atoms with Crippen molar-refractivity contribution in [2.45, 2.75) is 26.3 Å². The number of hydrogen-bond donors (Lipinski definition) is 1. The van der Waals surface area contributed by atoms with Crippen LogP contribution in [0.5, 0.6) is 5.75 Å². The van der Waals surface area contributed by atoms with E-state index in [1.807, 2.05) is 37.0 Å². The Balaban J connectivity index is 2.38. The van der Waals surface area contributed by atoms with Crippen molar-refractivity contribution in [3.05, 3.63) is 47.8 Å². The van der Waals surface area contributed by atoms with Crippen molar-refractivity contribution in [2.75, 3.05) is 13.2 Å². The summed E-state index contributed by atoms with van der Waals surface area (Å²) in [5.41, 5.74) is 2.30. The molecule has 1 heterocycles. The topological polar surface area (TPSA) is 39.1 Å². The Morgan fingerprint density at radius 3 is 2.70 bits per heavy atom. The van der Waals surface area contributed by atoms with Gasteiger partial charge in [0.15, 0.2) is 0 Å². The predicted octanol–water partition coefficient (Wildman–Crippen LogP) is 2.91. The Morgan fingerprint density at radius 2 is 2.05 bits per heavy atom. The lowest BCUT2D eigenvalue weighted by molar-refractivity contribution is 0.333. The van der Waals surface area contributed by atoms with Gasteiger partial charge in [0.25, 0.3) is 0 Å². The van der Waals surface area contributed by atoms with Crippen molar-refractivity contribution in [3.63, 3.8) is 0 Å². The van der Waals surface area contributed by atoms with Gasteiger partial charge in [-0.05, 0) is 32.0 Å². The van der Waals surface area contributed by atoms with E-state index >= 15 is 0 Å². The van der Waals surface area contributed by atoms with Crippen LogP contribution in [0.25, 0.3) is 0 Å². The Hall–Kier alpha value is -1.81. The molecule has 20 heavy (non-hydrogen) atoms. The average Bonchev–Trinajstić information content (AvgIpc) is 2.88. The van der Waals surface area contributed by atoms with Crippen molar-refractivity contribution in [1.29, 1.82) is 0 Å². The first kappa shape index (κ1) is 14.6. The van der Waals surface area contributed by atoms with Crippen LogP contribution >= 0.6 is 0 Å². The summed E-state index contributed by atoms with van der Waals surface area (Å²) in [6.45, 7) is 5.80. The molecular formula is C16H23N3O. The highest BCUT2D eigenvalue weighted by Crippen LogP contribution is 2.29. The molecule has 0 saturated carbocycles. The van der Waals surface area contributed by atoms with E-state index in [1.54, 1.807) is 0 Å². The fraction of sp³-hybridized carbons (Fsp3) is 0.438. The summed E-state index contributed by atoms with van der Waals surface area (Å²) in [5, 5.41) is 7.87. The molecule has 0 amide bonds. The van der Waals surface area contributed by atoms with Gasteiger partial charge in [-0.2, -0.15) is 5.10 Å². The lowest BCUT2D eigenvalue weighted by Crippen LogP contribution is -2.25. The van der Waals surface area contributed by atoms with Crippen LogP contribution in [0.4, 0.5) is 0 Å². The SMILES string of the molecule is CCCNC(c1ccccc1OCC)c1ccnn1C. The first-order valence-corrected chi connectivity index (χ1v) is 7.20. The van der Waals surface area contributed by atoms with Gasteiger partial charge in [-0.1, -0.05) is 25.1 Å². The first-order chi connectivity index (χ1) is 9.77. The van der Waals surface area contributed by atoms with Gasteiger partial charge in [-0.25, -0.2) is 0 Å². The predicted molar refractivity (Wildman–Crippen MR) is 81.0 cm³/mol. The summed E-state index contributed by atoms with van der Waals surface area (Å²) < 4.78 is 7.68. The minimum Gasteiger partial charge on any atom is -0.494 e. The lowest BCUT2D eigenvalue weighted by Gasteiger charge is -2.22. The molecule has 1 aromatic carbocycles. The second-order valence-electron chi connectivity index (χ2n) is 4.74. The number of hydrogen-bond acceptors (Lipinski definition) is 3. The smallest absolute Gasteiger partial charge is 0.124 e. The Labute approximate surface area is 120 Å². The maximum atomic E-state index is 5.77. The van der Waals surface area contributed by atoms with Crippen LogP contribution in [0.3, 0.4) is 0 Å². The summed E-state index contributed by atoms with van der Waals surface area (Å²) in [7, 11) is 1.97. The highest BCUT2D eigenvalue weighted by atomic mass is 16.5. The number of rotatable bonds is 7. The molecule has 2 rings (SSSR count). The number of nitrogens with zero attached hydrogens (tertiary/aromatic N) is 2. The summed E-state index contributed by atoms with van der Waals surface area (Å²) in [6, 6.07) is 10.4. The zero-order chi connectivity index (χ0) is 14.4. The maximum Gasteiger partial charge on any atom is 0.124 e. The monoisotopic (exact) mass is 273 g/mol. The zero-order valence-electron chi connectivity index (χ0n) is 12.5. The fourth-order valence-corrected chi connectivity index (χ4v) is 2.34. The summed E-state index contributed by atoms with van der Waals surface area (Å²) >= 11 is 0. The van der Waals surface area contributed by atoms with Crippen molar-refractivity contribution in [2.24, 2.45) is 7.05 Å². The molecule has 0 bridgehead atoms. The summed E-state index contributed by atoms with van der Waals surface area (Å²) in [6.07, 6.45) is 2.92. The van der Waals surface area contributed by atoms with E-state index in [1.165, 1.54) is 0 Å². The van der Waals surface area contributed by atoms with Crippen LogP contribution in [0.1, 0.15) is 37.6 Å². The molecule has 1 atom stereocenters. The second kappa shape index (κ2) is 7.10. The molecule has 0 spiro atoms. The normalized spacial score (nSPS) is 12.3. The lowest BCUT2D eigenvalue weighted by atomic mass is 10.0. The van der Waals surface area contributed by atoms with E-state index in [2.05, 4.69) is 35.5 Å². The number of benzene rings is 1. The molecular weight excluding hydrogens is 250 g/mol. The second-order valence-corrected chi connectivity index (χ2v) is 4.74. The number of ether oxygens (including phenoxy) is 1. The molecule has 0 aliphatic heterocycles. The van der Waals surface area contributed by atoms with Gasteiger partial charge < -0.3 is 10.1 Å². The van der Waals surface area contributed by atoms with Gasteiger partial charge in [0.05, 0.1) is 18.3 Å². The van der Waals surface area contributed by atoms with Crippen molar-refractivity contribution in [3.8, 4) is 5.75 Å². The Bertz CT molecular complexity index is 536. The molecule has 1 aromatic heterocycles. The van der Waals surface area contributed by atoms with Gasteiger partial charge in [0, 0.05) is 18.8 Å². The minimum absolute atomic E-state index is 0.102. The number of nitrogens with one attached hydrogen (secondary N) is 1. The molecule has 0 aliphatic rings. The molecule has 0 aliphatic carbocycles. The third kappa shape index (κ3) is 3.20. The largest absolute Gasteiger partial charge is 0.494 e. The average molecular weight is 273 g/mol. The molecule has 108 valence electrons. The fourth-order valence-electron chi connectivity index (χ4n) is 2.34. The van der Waals surface area contributed by atoms with Crippen molar-refractivity contribution in [1.82, 2.24) is 15.1 Å². The Kier molecular flexibility index (Phi) is 5.18. The molecule has 0 saturated heterocycles. The molecule has 1 unspecified atom stereocenters. The molecule has 0 radical (unpaired) electrons. The minimum atomic E-state index is 0.102. The first-order valence-electron chi connectivity index (χ1n) is 7.20. The maximum absolute atomic E-state index is 5.77. The standard InChI is InChI=1S/C16H23N3O/c1-4-11-17-16(14-10-12-18-19(14)3)13-8-6-7-9-15(13)20-5-2/h6-10,12,16-17H,4-5,11H2,1-3H3. The van der Waals surface area contributed by atoms with Gasteiger partial charge >= 0.3 is 0 Å². The van der Waals surface area contributed by atoms with Crippen molar-refractivity contribution >= 4 is 0 Å². The van der Waals surface area contributed by atoms with Gasteiger partial charge in [0.2, 0.25) is 0 Å². The zero-order valence-corrected chi connectivity index (χ0v) is 12.5. The summed E-state index contributed by atoms with van der Waals surface area (Å²) in [5.74, 6) is 0.935. The highest BCUT2D eigenvalue weighted by Gasteiger charge is 2.20. The highest BCUT2D eigenvalue weighted by molar-refractivity contribution is 5.40. The van der Waals surface area contributed by atoms with Crippen LogP contribution in [0, 0.1) is 0 Å². The third-order valence-electron chi connectivity index (χ3n) is 3.28. The van der Waals surface area contributed by atoms with E-state index < -0.39 is 0 Å². The van der Waals surface area contributed by atoms with Crippen LogP contribution in [-0.2, 0) is 7.05 Å². The molecule has 4 nitrogen and oxygen atoms in total. The van der Waals surface area contributed by atoms with Gasteiger partial charge in [0.1, 0.15) is 5.75 Å². The van der Waals surface area contributed by atoms with Gasteiger partial charge in [-0.15, -0.1) is 0 Å². The van der Waals surface area contributed by atoms with E-state index in [9.17, 15) is 0 Å². The van der Waals surface area contributed by atoms with Crippen molar-refractivity contribution < 1.29 is 4.74 Å². The molecule has 0 fully saturated rings. The van der Waals surface area contributed by atoms with E-state index in [4.69, 9.17) is 4.74 Å². The quantitative estimate of drug-likeness (QED) is 0.843. The molecule has 4 heteroatoms.